The number of nitrogens with zero attached hydrogens (tertiary/aromatic N) is 2. The molecule has 0 radical (unpaired) electrons. The molecule has 0 saturated heterocycles. The van der Waals surface area contributed by atoms with Gasteiger partial charge in [-0.05, 0) is 29.3 Å². The van der Waals surface area contributed by atoms with Crippen LogP contribution >= 0.6 is 0 Å². The van der Waals surface area contributed by atoms with E-state index in [0.717, 1.165) is 22.5 Å². The van der Waals surface area contributed by atoms with Gasteiger partial charge in [-0.2, -0.15) is 18.3 Å². The zero-order valence-electron chi connectivity index (χ0n) is 13.3. The minimum Gasteiger partial charge on any atom is -0.493 e. The molecule has 0 bridgehead atoms. The Kier molecular flexibility index (Phi) is 4.58. The smallest absolute Gasteiger partial charge is 0.435 e. The van der Waals surface area contributed by atoms with Crippen molar-refractivity contribution in [2.24, 2.45) is 0 Å². The number of ether oxygens (including phenoxy) is 1. The molecule has 2 aromatic rings. The van der Waals surface area contributed by atoms with Crippen LogP contribution in [-0.2, 0) is 28.7 Å². The normalized spacial score (nSPS) is 14.4. The van der Waals surface area contributed by atoms with E-state index in [9.17, 15) is 27.9 Å². The standard InChI is InChI=1S/C16H14F3N3O4/c17-16(18,19)12-3-5-22(21-12)8-13(23)20-14(15(24)25)10-1-2-11-9(7-10)4-6-26-11/h1-3,5,7,14H,4,6,8H2,(H,20,23)(H,24,25). The van der Waals surface area contributed by atoms with Crippen molar-refractivity contribution in [1.29, 1.82) is 0 Å². The van der Waals surface area contributed by atoms with Gasteiger partial charge < -0.3 is 15.2 Å². The van der Waals surface area contributed by atoms with E-state index in [1.54, 1.807) is 12.1 Å². The Bertz CT molecular complexity index is 848. The van der Waals surface area contributed by atoms with Gasteiger partial charge >= 0.3 is 12.1 Å². The van der Waals surface area contributed by atoms with Gasteiger partial charge in [-0.15, -0.1) is 0 Å². The number of hydrogen-bond acceptors (Lipinski definition) is 4. The minimum atomic E-state index is -4.61. The van der Waals surface area contributed by atoms with Gasteiger partial charge in [0, 0.05) is 12.6 Å². The minimum absolute atomic E-state index is 0.353. The molecule has 2 heterocycles. The molecule has 1 aromatic carbocycles. The van der Waals surface area contributed by atoms with Crippen molar-refractivity contribution in [2.75, 3.05) is 6.61 Å². The van der Waals surface area contributed by atoms with Crippen LogP contribution in [-0.4, -0.2) is 33.4 Å². The number of amides is 1. The lowest BCUT2D eigenvalue weighted by atomic mass is 10.0. The summed E-state index contributed by atoms with van der Waals surface area (Å²) in [7, 11) is 0. The van der Waals surface area contributed by atoms with Crippen LogP contribution in [0.15, 0.2) is 30.5 Å². The number of aliphatic carboxylic acids is 1. The van der Waals surface area contributed by atoms with Crippen LogP contribution < -0.4 is 10.1 Å². The van der Waals surface area contributed by atoms with E-state index in [1.807, 2.05) is 0 Å². The fourth-order valence-corrected chi connectivity index (χ4v) is 2.63. The van der Waals surface area contributed by atoms with Crippen molar-refractivity contribution in [2.45, 2.75) is 25.2 Å². The number of rotatable bonds is 5. The monoisotopic (exact) mass is 369 g/mol. The van der Waals surface area contributed by atoms with Crippen molar-refractivity contribution in [1.82, 2.24) is 15.1 Å². The van der Waals surface area contributed by atoms with Crippen LogP contribution in [0.25, 0.3) is 0 Å². The Labute approximate surface area is 145 Å². The fourth-order valence-electron chi connectivity index (χ4n) is 2.63. The molecular weight excluding hydrogens is 355 g/mol. The van der Waals surface area contributed by atoms with Crippen molar-refractivity contribution in [3.8, 4) is 5.75 Å². The van der Waals surface area contributed by atoms with Gasteiger partial charge in [-0.25, -0.2) is 4.79 Å². The third-order valence-corrected chi connectivity index (χ3v) is 3.84. The van der Waals surface area contributed by atoms with Crippen LogP contribution in [0.2, 0.25) is 0 Å². The third-order valence-electron chi connectivity index (χ3n) is 3.84. The molecule has 2 N–H and O–H groups in total. The van der Waals surface area contributed by atoms with Gasteiger partial charge in [-0.3, -0.25) is 9.48 Å². The van der Waals surface area contributed by atoms with Gasteiger partial charge in [0.15, 0.2) is 11.7 Å². The number of carbonyl (C=O) groups is 2. The highest BCUT2D eigenvalue weighted by Gasteiger charge is 2.33. The molecule has 26 heavy (non-hydrogen) atoms. The molecule has 0 saturated carbocycles. The quantitative estimate of drug-likeness (QED) is 0.838. The van der Waals surface area contributed by atoms with Crippen LogP contribution in [0.3, 0.4) is 0 Å². The number of carboxylic acid groups (broad SMARTS) is 1. The number of hydrogen-bond donors (Lipinski definition) is 2. The van der Waals surface area contributed by atoms with E-state index < -0.39 is 36.3 Å². The van der Waals surface area contributed by atoms with E-state index >= 15 is 0 Å². The fraction of sp³-hybridized carbons (Fsp3) is 0.312. The van der Waals surface area contributed by atoms with Gasteiger partial charge in [0.2, 0.25) is 5.91 Å². The summed E-state index contributed by atoms with van der Waals surface area (Å²) >= 11 is 0. The number of fused-ring (bicyclic) bond motifs is 1. The van der Waals surface area contributed by atoms with Crippen molar-refractivity contribution in [3.63, 3.8) is 0 Å². The topological polar surface area (TPSA) is 93.5 Å². The molecule has 0 aliphatic carbocycles. The Balaban J connectivity index is 1.71. The molecule has 1 amide bonds. The molecule has 7 nitrogen and oxygen atoms in total. The van der Waals surface area contributed by atoms with Crippen LogP contribution in [0, 0.1) is 0 Å². The number of benzene rings is 1. The summed E-state index contributed by atoms with van der Waals surface area (Å²) < 4.78 is 43.7. The number of alkyl halides is 3. The predicted octanol–water partition coefficient (Wildman–Crippen LogP) is 1.78. The van der Waals surface area contributed by atoms with Crippen LogP contribution in [0.5, 0.6) is 5.75 Å². The molecule has 1 aliphatic heterocycles. The van der Waals surface area contributed by atoms with E-state index in [-0.39, 0.29) is 0 Å². The second kappa shape index (κ2) is 6.70. The van der Waals surface area contributed by atoms with E-state index in [4.69, 9.17) is 4.74 Å². The van der Waals surface area contributed by atoms with E-state index in [2.05, 4.69) is 10.4 Å². The average Bonchev–Trinajstić information content (AvgIpc) is 3.20. The first-order valence-corrected chi connectivity index (χ1v) is 7.62. The Morgan fingerprint density at radius 3 is 2.77 bits per heavy atom. The first-order chi connectivity index (χ1) is 12.2. The van der Waals surface area contributed by atoms with Gasteiger partial charge in [0.1, 0.15) is 12.3 Å². The zero-order chi connectivity index (χ0) is 18.9. The molecule has 1 aliphatic rings. The second-order valence-corrected chi connectivity index (χ2v) is 5.70. The van der Waals surface area contributed by atoms with Crippen molar-refractivity contribution < 1.29 is 32.6 Å². The number of carbonyl (C=O) groups excluding carboxylic acids is 1. The maximum atomic E-state index is 12.5. The summed E-state index contributed by atoms with van der Waals surface area (Å²) in [5.41, 5.74) is 0.0650. The second-order valence-electron chi connectivity index (χ2n) is 5.70. The zero-order valence-corrected chi connectivity index (χ0v) is 13.3. The highest BCUT2D eigenvalue weighted by molar-refractivity contribution is 5.84. The molecule has 3 rings (SSSR count). The lowest BCUT2D eigenvalue weighted by Gasteiger charge is -2.16. The maximum Gasteiger partial charge on any atom is 0.435 e. The highest BCUT2D eigenvalue weighted by Crippen LogP contribution is 2.29. The predicted molar refractivity (Wildman–Crippen MR) is 81.4 cm³/mol. The lowest BCUT2D eigenvalue weighted by Crippen LogP contribution is -2.36. The SMILES string of the molecule is O=C(Cn1ccc(C(F)(F)F)n1)NC(C(=O)O)c1ccc2c(c1)CCO2. The molecule has 1 atom stereocenters. The molecule has 0 fully saturated rings. The van der Waals surface area contributed by atoms with Crippen LogP contribution in [0.4, 0.5) is 13.2 Å². The van der Waals surface area contributed by atoms with E-state index in [0.29, 0.717) is 24.3 Å². The number of nitrogens with one attached hydrogen (secondary N) is 1. The first kappa shape index (κ1) is 17.8. The third kappa shape index (κ3) is 3.79. The Morgan fingerprint density at radius 1 is 1.35 bits per heavy atom. The number of carboxylic acids is 1. The average molecular weight is 369 g/mol. The van der Waals surface area contributed by atoms with Crippen molar-refractivity contribution in [3.05, 3.63) is 47.3 Å². The summed E-state index contributed by atoms with van der Waals surface area (Å²) in [4.78, 5) is 23.6. The highest BCUT2D eigenvalue weighted by atomic mass is 19.4. The molecule has 1 unspecified atom stereocenters. The largest absolute Gasteiger partial charge is 0.493 e. The van der Waals surface area contributed by atoms with E-state index in [1.165, 1.54) is 6.07 Å². The maximum absolute atomic E-state index is 12.5. The summed E-state index contributed by atoms with van der Waals surface area (Å²) in [6.07, 6.45) is -2.97. The van der Waals surface area contributed by atoms with Crippen LogP contribution in [0.1, 0.15) is 22.9 Å². The van der Waals surface area contributed by atoms with Gasteiger partial charge in [-0.1, -0.05) is 6.07 Å². The molecule has 1 aromatic heterocycles. The molecular formula is C16H14F3N3O4. The summed E-state index contributed by atoms with van der Waals surface area (Å²) in [6, 6.07) is 4.20. The summed E-state index contributed by atoms with van der Waals surface area (Å²) in [5.74, 6) is -1.39. The summed E-state index contributed by atoms with van der Waals surface area (Å²) in [5, 5.41) is 14.9. The summed E-state index contributed by atoms with van der Waals surface area (Å²) in [6.45, 7) is -0.0301. The molecule has 0 spiro atoms. The first-order valence-electron chi connectivity index (χ1n) is 7.62. The van der Waals surface area contributed by atoms with Gasteiger partial charge in [0.05, 0.1) is 6.61 Å². The van der Waals surface area contributed by atoms with Crippen molar-refractivity contribution >= 4 is 11.9 Å². The Morgan fingerprint density at radius 2 is 2.12 bits per heavy atom. The Hall–Kier alpha value is -3.04. The van der Waals surface area contributed by atoms with Gasteiger partial charge in [0.25, 0.3) is 0 Å². The molecule has 138 valence electrons. The lowest BCUT2D eigenvalue weighted by molar-refractivity contribution is -0.142. The number of halogens is 3. The molecule has 10 heteroatoms. The number of aromatic nitrogens is 2.